The molecule has 4 rings (SSSR count). The lowest BCUT2D eigenvalue weighted by Gasteiger charge is -2.16. The number of nitrogens with one attached hydrogen (secondary N) is 1. The first kappa shape index (κ1) is 22.0. The Morgan fingerprint density at radius 1 is 0.788 bits per heavy atom. The molecule has 33 heavy (non-hydrogen) atoms. The fourth-order valence-corrected chi connectivity index (χ4v) is 3.65. The monoisotopic (exact) mass is 444 g/mol. The van der Waals surface area contributed by atoms with E-state index in [0.717, 1.165) is 4.90 Å². The van der Waals surface area contributed by atoms with Gasteiger partial charge in [-0.1, -0.05) is 24.3 Å². The zero-order valence-electron chi connectivity index (χ0n) is 18.6. The third-order valence-corrected chi connectivity index (χ3v) is 5.24. The molecule has 1 aliphatic rings. The van der Waals surface area contributed by atoms with E-state index in [0.29, 0.717) is 40.8 Å². The van der Waals surface area contributed by atoms with Gasteiger partial charge in [-0.2, -0.15) is 0 Å². The van der Waals surface area contributed by atoms with Crippen molar-refractivity contribution >= 4 is 28.8 Å². The molecule has 0 unspecified atom stereocenters. The van der Waals surface area contributed by atoms with Crippen molar-refractivity contribution in [3.05, 3.63) is 84.1 Å². The fraction of sp³-hybridized carbons (Fsp3) is 0.154. The first-order chi connectivity index (χ1) is 16.1. The van der Waals surface area contributed by atoms with E-state index in [1.807, 2.05) is 19.1 Å². The zero-order valence-corrected chi connectivity index (χ0v) is 18.6. The largest absolute Gasteiger partial charge is 0.497 e. The summed E-state index contributed by atoms with van der Waals surface area (Å²) in [5.74, 6) is 0.987. The van der Waals surface area contributed by atoms with Gasteiger partial charge >= 0.3 is 0 Å². The van der Waals surface area contributed by atoms with Crippen LogP contribution in [-0.4, -0.2) is 32.6 Å². The third-order valence-electron chi connectivity index (χ3n) is 5.24. The second-order valence-corrected chi connectivity index (χ2v) is 7.18. The van der Waals surface area contributed by atoms with Gasteiger partial charge in [0.2, 0.25) is 0 Å². The van der Waals surface area contributed by atoms with Crippen molar-refractivity contribution in [3.63, 3.8) is 0 Å². The summed E-state index contributed by atoms with van der Waals surface area (Å²) < 4.78 is 16.1. The van der Waals surface area contributed by atoms with Gasteiger partial charge in [-0.3, -0.25) is 9.59 Å². The number of amides is 2. The van der Waals surface area contributed by atoms with Gasteiger partial charge in [0, 0.05) is 0 Å². The van der Waals surface area contributed by atoms with Crippen LogP contribution < -0.4 is 24.4 Å². The van der Waals surface area contributed by atoms with E-state index < -0.39 is 11.8 Å². The first-order valence-corrected chi connectivity index (χ1v) is 10.5. The average Bonchev–Trinajstić information content (AvgIpc) is 3.09. The summed E-state index contributed by atoms with van der Waals surface area (Å²) in [7, 11) is 3.11. The van der Waals surface area contributed by atoms with E-state index in [2.05, 4.69) is 5.32 Å². The number of carbonyl (C=O) groups excluding carboxylic acids is 2. The maximum atomic E-state index is 13.6. The van der Waals surface area contributed by atoms with Crippen molar-refractivity contribution in [1.82, 2.24) is 0 Å². The van der Waals surface area contributed by atoms with Crippen LogP contribution in [0.25, 0.3) is 5.57 Å². The topological polar surface area (TPSA) is 77.1 Å². The molecule has 0 saturated carbocycles. The maximum Gasteiger partial charge on any atom is 0.282 e. The number of para-hydroxylation sites is 2. The molecule has 7 heteroatoms. The van der Waals surface area contributed by atoms with E-state index in [1.165, 1.54) is 0 Å². The van der Waals surface area contributed by atoms with E-state index in [9.17, 15) is 9.59 Å². The summed E-state index contributed by atoms with van der Waals surface area (Å²) in [6.07, 6.45) is 0. The van der Waals surface area contributed by atoms with E-state index >= 15 is 0 Å². The summed E-state index contributed by atoms with van der Waals surface area (Å²) in [6, 6.07) is 21.1. The number of imide groups is 1. The van der Waals surface area contributed by atoms with Crippen LogP contribution in [0.4, 0.5) is 11.4 Å². The summed E-state index contributed by atoms with van der Waals surface area (Å²) in [5.41, 5.74) is 2.07. The Hall–Kier alpha value is -4.26. The third kappa shape index (κ3) is 4.25. The number of rotatable bonds is 8. The molecule has 0 aromatic heterocycles. The van der Waals surface area contributed by atoms with Gasteiger partial charge in [0.1, 0.15) is 22.9 Å². The Labute approximate surface area is 192 Å². The van der Waals surface area contributed by atoms with Gasteiger partial charge < -0.3 is 19.5 Å². The lowest BCUT2D eigenvalue weighted by atomic mass is 10.0. The van der Waals surface area contributed by atoms with Gasteiger partial charge in [0.25, 0.3) is 11.8 Å². The molecule has 168 valence electrons. The number of methoxy groups -OCH3 is 2. The standard InChI is InChI=1S/C26H24N2O5/c1-4-33-20-13-9-17(10-14-20)23-24(27-21-7-5-6-8-22(21)32-3)26(30)28(25(23)29)18-11-15-19(31-2)16-12-18/h5-16,27H,4H2,1-3H3. The molecular formula is C26H24N2O5. The molecule has 0 radical (unpaired) electrons. The fourth-order valence-electron chi connectivity index (χ4n) is 3.65. The lowest BCUT2D eigenvalue weighted by Crippen LogP contribution is -2.32. The van der Waals surface area contributed by atoms with Crippen LogP contribution in [0.5, 0.6) is 17.2 Å². The van der Waals surface area contributed by atoms with E-state index in [4.69, 9.17) is 14.2 Å². The van der Waals surface area contributed by atoms with Crippen LogP contribution in [-0.2, 0) is 9.59 Å². The Morgan fingerprint density at radius 2 is 1.45 bits per heavy atom. The maximum absolute atomic E-state index is 13.6. The normalized spacial score (nSPS) is 13.4. The Bertz CT molecular complexity index is 1200. The number of hydrogen-bond donors (Lipinski definition) is 1. The molecule has 0 spiro atoms. The number of hydrogen-bond acceptors (Lipinski definition) is 6. The van der Waals surface area contributed by atoms with E-state index in [1.54, 1.807) is 74.9 Å². The zero-order chi connectivity index (χ0) is 23.4. The molecule has 0 bridgehead atoms. The highest BCUT2D eigenvalue weighted by molar-refractivity contribution is 6.46. The molecule has 1 aliphatic heterocycles. The number of ether oxygens (including phenoxy) is 3. The highest BCUT2D eigenvalue weighted by atomic mass is 16.5. The summed E-state index contributed by atoms with van der Waals surface area (Å²) in [5, 5.41) is 3.14. The van der Waals surface area contributed by atoms with Gasteiger partial charge in [0.05, 0.1) is 37.8 Å². The number of benzene rings is 3. The number of carbonyl (C=O) groups is 2. The van der Waals surface area contributed by atoms with Crippen LogP contribution in [0, 0.1) is 0 Å². The molecular weight excluding hydrogens is 420 g/mol. The summed E-state index contributed by atoms with van der Waals surface area (Å²) >= 11 is 0. The molecule has 1 N–H and O–H groups in total. The summed E-state index contributed by atoms with van der Waals surface area (Å²) in [6.45, 7) is 2.43. The van der Waals surface area contributed by atoms with Crippen LogP contribution in [0.1, 0.15) is 12.5 Å². The van der Waals surface area contributed by atoms with Gasteiger partial charge in [-0.25, -0.2) is 4.90 Å². The second-order valence-electron chi connectivity index (χ2n) is 7.18. The Balaban J connectivity index is 1.79. The smallest absolute Gasteiger partial charge is 0.282 e. The van der Waals surface area contributed by atoms with Crippen LogP contribution in [0.3, 0.4) is 0 Å². The molecule has 0 aliphatic carbocycles. The van der Waals surface area contributed by atoms with Crippen molar-refractivity contribution < 1.29 is 23.8 Å². The predicted molar refractivity (Wildman–Crippen MR) is 127 cm³/mol. The van der Waals surface area contributed by atoms with Crippen molar-refractivity contribution in [1.29, 1.82) is 0 Å². The first-order valence-electron chi connectivity index (χ1n) is 10.5. The second kappa shape index (κ2) is 9.48. The van der Waals surface area contributed by atoms with E-state index in [-0.39, 0.29) is 11.3 Å². The van der Waals surface area contributed by atoms with Crippen LogP contribution in [0.2, 0.25) is 0 Å². The van der Waals surface area contributed by atoms with Crippen molar-refractivity contribution in [2.75, 3.05) is 31.0 Å². The average molecular weight is 444 g/mol. The van der Waals surface area contributed by atoms with Gasteiger partial charge in [0.15, 0.2) is 0 Å². The quantitative estimate of drug-likeness (QED) is 0.516. The number of nitrogens with zero attached hydrogens (tertiary/aromatic N) is 1. The van der Waals surface area contributed by atoms with Crippen molar-refractivity contribution in [2.24, 2.45) is 0 Å². The highest BCUT2D eigenvalue weighted by Crippen LogP contribution is 2.36. The Morgan fingerprint density at radius 3 is 2.09 bits per heavy atom. The molecule has 1 heterocycles. The van der Waals surface area contributed by atoms with Crippen molar-refractivity contribution in [3.8, 4) is 17.2 Å². The minimum Gasteiger partial charge on any atom is -0.497 e. The lowest BCUT2D eigenvalue weighted by molar-refractivity contribution is -0.120. The van der Waals surface area contributed by atoms with Crippen LogP contribution >= 0.6 is 0 Å². The minimum atomic E-state index is -0.458. The minimum absolute atomic E-state index is 0.171. The molecule has 2 amide bonds. The molecule has 0 fully saturated rings. The van der Waals surface area contributed by atoms with Gasteiger partial charge in [-0.15, -0.1) is 0 Å². The van der Waals surface area contributed by atoms with Crippen LogP contribution in [0.15, 0.2) is 78.5 Å². The number of anilines is 2. The molecule has 0 atom stereocenters. The van der Waals surface area contributed by atoms with Gasteiger partial charge in [-0.05, 0) is 61.0 Å². The Kier molecular flexibility index (Phi) is 6.31. The summed E-state index contributed by atoms with van der Waals surface area (Å²) in [4.78, 5) is 28.2. The predicted octanol–water partition coefficient (Wildman–Crippen LogP) is 4.50. The molecule has 0 saturated heterocycles. The SMILES string of the molecule is CCOc1ccc(C2=C(Nc3ccccc3OC)C(=O)N(c3ccc(OC)cc3)C2=O)cc1. The van der Waals surface area contributed by atoms with Crippen molar-refractivity contribution in [2.45, 2.75) is 6.92 Å². The molecule has 7 nitrogen and oxygen atoms in total. The molecule has 3 aromatic rings. The highest BCUT2D eigenvalue weighted by Gasteiger charge is 2.40. The molecule has 3 aromatic carbocycles.